The summed E-state index contributed by atoms with van der Waals surface area (Å²) in [6, 6.07) is 3.69. The second-order valence-corrected chi connectivity index (χ2v) is 4.89. The van der Waals surface area contributed by atoms with E-state index in [1.54, 1.807) is 6.20 Å². The number of aromatic nitrogens is 1. The zero-order chi connectivity index (χ0) is 14.2. The zero-order valence-electron chi connectivity index (χ0n) is 11.6. The van der Waals surface area contributed by atoms with Crippen LogP contribution < -0.4 is 16.4 Å². The van der Waals surface area contributed by atoms with Crippen molar-refractivity contribution in [2.24, 2.45) is 5.73 Å². The van der Waals surface area contributed by atoms with Crippen LogP contribution in [0.5, 0.6) is 0 Å². The molecule has 0 radical (unpaired) electrons. The van der Waals surface area contributed by atoms with E-state index >= 15 is 0 Å². The molecule has 1 aliphatic heterocycles. The molecule has 0 aromatic carbocycles. The number of anilines is 2. The lowest BCUT2D eigenvalue weighted by Crippen LogP contribution is -2.19. The van der Waals surface area contributed by atoms with Gasteiger partial charge in [-0.3, -0.25) is 4.79 Å². The maximum atomic E-state index is 11.5. The van der Waals surface area contributed by atoms with Crippen LogP contribution in [0.25, 0.3) is 0 Å². The van der Waals surface area contributed by atoms with Gasteiger partial charge in [-0.1, -0.05) is 0 Å². The highest BCUT2D eigenvalue weighted by molar-refractivity contribution is 5.90. The Balaban J connectivity index is 1.75. The molecule has 1 fully saturated rings. The van der Waals surface area contributed by atoms with E-state index in [-0.39, 0.29) is 12.0 Å². The van der Waals surface area contributed by atoms with Crippen molar-refractivity contribution in [2.75, 3.05) is 30.3 Å². The summed E-state index contributed by atoms with van der Waals surface area (Å²) in [7, 11) is 0. The van der Waals surface area contributed by atoms with Gasteiger partial charge in [0.25, 0.3) is 0 Å². The van der Waals surface area contributed by atoms with E-state index in [1.165, 1.54) is 0 Å². The largest absolute Gasteiger partial charge is 0.376 e. The summed E-state index contributed by atoms with van der Waals surface area (Å²) in [5.41, 5.74) is 6.07. The highest BCUT2D eigenvalue weighted by atomic mass is 16.5. The highest BCUT2D eigenvalue weighted by Crippen LogP contribution is 2.14. The summed E-state index contributed by atoms with van der Waals surface area (Å²) in [5, 5.41) is 6.03. The molecule has 0 aliphatic carbocycles. The minimum Gasteiger partial charge on any atom is -0.376 e. The maximum absolute atomic E-state index is 11.5. The van der Waals surface area contributed by atoms with Gasteiger partial charge in [-0.2, -0.15) is 0 Å². The van der Waals surface area contributed by atoms with Crippen molar-refractivity contribution in [3.05, 3.63) is 18.3 Å². The number of amides is 1. The van der Waals surface area contributed by atoms with E-state index in [0.29, 0.717) is 25.1 Å². The number of nitrogens with one attached hydrogen (secondary N) is 2. The molecule has 6 heteroatoms. The fraction of sp³-hybridized carbons (Fsp3) is 0.571. The van der Waals surface area contributed by atoms with Gasteiger partial charge in [0.2, 0.25) is 5.91 Å². The number of pyridine rings is 1. The lowest BCUT2D eigenvalue weighted by atomic mass is 10.2. The molecule has 110 valence electrons. The third-order valence-electron chi connectivity index (χ3n) is 3.19. The molecule has 1 aromatic rings. The van der Waals surface area contributed by atoms with E-state index in [4.69, 9.17) is 10.5 Å². The summed E-state index contributed by atoms with van der Waals surface area (Å²) < 4.78 is 5.53. The Morgan fingerprint density at radius 3 is 3.05 bits per heavy atom. The molecule has 0 bridgehead atoms. The van der Waals surface area contributed by atoms with Crippen LogP contribution in [-0.4, -0.2) is 36.7 Å². The predicted octanol–water partition coefficient (Wildman–Crippen LogP) is 1.35. The topological polar surface area (TPSA) is 89.3 Å². The zero-order valence-corrected chi connectivity index (χ0v) is 11.6. The Kier molecular flexibility index (Phi) is 5.76. The van der Waals surface area contributed by atoms with Gasteiger partial charge in [0.05, 0.1) is 18.0 Å². The van der Waals surface area contributed by atoms with Gasteiger partial charge in [-0.25, -0.2) is 4.98 Å². The predicted molar refractivity (Wildman–Crippen MR) is 78.6 cm³/mol. The highest BCUT2D eigenvalue weighted by Gasteiger charge is 2.14. The first kappa shape index (κ1) is 14.7. The van der Waals surface area contributed by atoms with Crippen molar-refractivity contribution in [3.63, 3.8) is 0 Å². The molecule has 1 aromatic heterocycles. The van der Waals surface area contributed by atoms with Crippen LogP contribution in [0.1, 0.15) is 25.7 Å². The van der Waals surface area contributed by atoms with Gasteiger partial charge in [0, 0.05) is 19.6 Å². The maximum Gasteiger partial charge on any atom is 0.224 e. The first-order chi connectivity index (χ1) is 9.78. The van der Waals surface area contributed by atoms with E-state index in [2.05, 4.69) is 15.6 Å². The first-order valence-electron chi connectivity index (χ1n) is 7.09. The van der Waals surface area contributed by atoms with Crippen molar-refractivity contribution in [1.82, 2.24) is 4.98 Å². The minimum absolute atomic E-state index is 0.0303. The third kappa shape index (κ3) is 4.79. The molecule has 1 unspecified atom stereocenters. The number of hydrogen-bond acceptors (Lipinski definition) is 5. The van der Waals surface area contributed by atoms with Crippen molar-refractivity contribution in [1.29, 1.82) is 0 Å². The average Bonchev–Trinajstić information content (AvgIpc) is 2.98. The Labute approximate surface area is 119 Å². The molecular formula is C14H22N4O2. The second kappa shape index (κ2) is 7.81. The van der Waals surface area contributed by atoms with Gasteiger partial charge in [-0.05, 0) is 37.9 Å². The Morgan fingerprint density at radius 1 is 1.50 bits per heavy atom. The quantitative estimate of drug-likeness (QED) is 0.700. The molecule has 6 nitrogen and oxygen atoms in total. The Morgan fingerprint density at radius 2 is 2.40 bits per heavy atom. The minimum atomic E-state index is -0.0303. The second-order valence-electron chi connectivity index (χ2n) is 4.89. The van der Waals surface area contributed by atoms with Crippen molar-refractivity contribution >= 4 is 17.4 Å². The normalized spacial score (nSPS) is 17.9. The number of rotatable bonds is 7. The first-order valence-corrected chi connectivity index (χ1v) is 7.09. The van der Waals surface area contributed by atoms with Crippen molar-refractivity contribution in [3.8, 4) is 0 Å². The Bertz CT molecular complexity index is 416. The summed E-state index contributed by atoms with van der Waals surface area (Å²) >= 11 is 0. The number of ether oxygens (including phenoxy) is 1. The SMILES string of the molecule is NCCCC(=O)Nc1ccc(NCC2CCCO2)nc1. The van der Waals surface area contributed by atoms with Gasteiger partial charge in [0.15, 0.2) is 0 Å². The van der Waals surface area contributed by atoms with Gasteiger partial charge in [0.1, 0.15) is 5.82 Å². The summed E-state index contributed by atoms with van der Waals surface area (Å²) in [6.07, 6.45) is 5.30. The smallest absolute Gasteiger partial charge is 0.224 e. The number of carbonyl (C=O) groups excluding carboxylic acids is 1. The van der Waals surface area contributed by atoms with Gasteiger partial charge in [-0.15, -0.1) is 0 Å². The monoisotopic (exact) mass is 278 g/mol. The van der Waals surface area contributed by atoms with E-state index in [1.807, 2.05) is 12.1 Å². The lowest BCUT2D eigenvalue weighted by Gasteiger charge is -2.11. The fourth-order valence-corrected chi connectivity index (χ4v) is 2.08. The molecule has 20 heavy (non-hydrogen) atoms. The molecule has 1 atom stereocenters. The molecule has 2 heterocycles. The molecular weight excluding hydrogens is 256 g/mol. The number of carbonyl (C=O) groups is 1. The van der Waals surface area contributed by atoms with E-state index < -0.39 is 0 Å². The molecule has 1 saturated heterocycles. The van der Waals surface area contributed by atoms with E-state index in [9.17, 15) is 4.79 Å². The molecule has 2 rings (SSSR count). The van der Waals surface area contributed by atoms with Crippen LogP contribution in [0.3, 0.4) is 0 Å². The van der Waals surface area contributed by atoms with Crippen LogP contribution in [0.2, 0.25) is 0 Å². The molecule has 4 N–H and O–H groups in total. The molecule has 1 amide bonds. The number of nitrogens with two attached hydrogens (primary N) is 1. The van der Waals surface area contributed by atoms with Gasteiger partial charge < -0.3 is 21.1 Å². The van der Waals surface area contributed by atoms with Crippen LogP contribution in [0.4, 0.5) is 11.5 Å². The average molecular weight is 278 g/mol. The number of nitrogens with zero attached hydrogens (tertiary/aromatic N) is 1. The van der Waals surface area contributed by atoms with Crippen LogP contribution in [-0.2, 0) is 9.53 Å². The van der Waals surface area contributed by atoms with Crippen LogP contribution in [0, 0.1) is 0 Å². The molecule has 0 saturated carbocycles. The number of hydrogen-bond donors (Lipinski definition) is 3. The lowest BCUT2D eigenvalue weighted by molar-refractivity contribution is -0.116. The van der Waals surface area contributed by atoms with Crippen LogP contribution in [0.15, 0.2) is 18.3 Å². The summed E-state index contributed by atoms with van der Waals surface area (Å²) in [5.74, 6) is 0.762. The van der Waals surface area contributed by atoms with Crippen molar-refractivity contribution < 1.29 is 9.53 Å². The van der Waals surface area contributed by atoms with E-state index in [0.717, 1.165) is 31.8 Å². The van der Waals surface area contributed by atoms with Crippen LogP contribution >= 0.6 is 0 Å². The van der Waals surface area contributed by atoms with Crippen molar-refractivity contribution in [2.45, 2.75) is 31.8 Å². The summed E-state index contributed by atoms with van der Waals surface area (Å²) in [4.78, 5) is 15.8. The third-order valence-corrected chi connectivity index (χ3v) is 3.19. The molecule has 0 spiro atoms. The van der Waals surface area contributed by atoms with Gasteiger partial charge >= 0.3 is 0 Å². The molecule has 1 aliphatic rings. The summed E-state index contributed by atoms with van der Waals surface area (Å²) in [6.45, 7) is 2.15. The standard InChI is InChI=1S/C14H22N4O2/c15-7-1-4-14(19)18-11-5-6-13(16-9-11)17-10-12-3-2-8-20-12/h5-6,9,12H,1-4,7-8,10,15H2,(H,16,17)(H,18,19). The Hall–Kier alpha value is -1.66. The fourth-order valence-electron chi connectivity index (χ4n) is 2.08.